The highest BCUT2D eigenvalue weighted by Gasteiger charge is 2.37. The van der Waals surface area contributed by atoms with Crippen molar-refractivity contribution in [3.8, 4) is 16.9 Å². The highest BCUT2D eigenvalue weighted by Crippen LogP contribution is 2.39. The predicted molar refractivity (Wildman–Crippen MR) is 107 cm³/mol. The molecule has 174 valence electrons. The van der Waals surface area contributed by atoms with Gasteiger partial charge in [-0.3, -0.25) is 0 Å². The molecule has 0 amide bonds. The fraction of sp³-hybridized carbons (Fsp3) is 0.421. The minimum absolute atomic E-state index is 0.0339. The van der Waals surface area contributed by atoms with Crippen LogP contribution in [-0.2, 0) is 0 Å². The summed E-state index contributed by atoms with van der Waals surface area (Å²) in [5.74, 6) is -2.89. The Balaban J connectivity index is 2.03. The number of ether oxygens (including phenoxy) is 1. The summed E-state index contributed by atoms with van der Waals surface area (Å²) in [4.78, 5) is 7.64. The molecule has 3 aromatic rings. The summed E-state index contributed by atoms with van der Waals surface area (Å²) in [6.45, 7) is 1.04. The van der Waals surface area contributed by atoms with Crippen molar-refractivity contribution in [2.45, 2.75) is 38.4 Å². The number of fused-ring (bicyclic) bond motifs is 1. The van der Waals surface area contributed by atoms with Gasteiger partial charge in [-0.1, -0.05) is 11.6 Å². The lowest BCUT2D eigenvalue weighted by molar-refractivity contribution is -0.138. The molecule has 1 atom stereocenters. The van der Waals surface area contributed by atoms with Gasteiger partial charge in [-0.15, -0.1) is 0 Å². The van der Waals surface area contributed by atoms with Gasteiger partial charge in [0.05, 0.1) is 17.7 Å². The van der Waals surface area contributed by atoms with E-state index < -0.39 is 46.0 Å². The Morgan fingerprint density at radius 1 is 1.16 bits per heavy atom. The predicted octanol–water partition coefficient (Wildman–Crippen LogP) is 4.63. The topological polar surface area (TPSA) is 84.6 Å². The molecule has 0 fully saturated rings. The first-order chi connectivity index (χ1) is 15.1. The second-order valence-electron chi connectivity index (χ2n) is 6.90. The first kappa shape index (κ1) is 23.9. The smallest absolute Gasteiger partial charge is 0.408 e. The summed E-state index contributed by atoms with van der Waals surface area (Å²) in [5, 5.41) is 14.3. The fourth-order valence-electron chi connectivity index (χ4n) is 2.91. The van der Waals surface area contributed by atoms with Crippen molar-refractivity contribution < 1.29 is 31.8 Å². The van der Waals surface area contributed by atoms with Crippen LogP contribution >= 0.6 is 11.6 Å². The molecule has 0 aliphatic rings. The van der Waals surface area contributed by atoms with Crippen LogP contribution in [0, 0.1) is 11.6 Å². The summed E-state index contributed by atoms with van der Waals surface area (Å²) in [5.41, 5.74) is -1.13. The van der Waals surface area contributed by atoms with Crippen LogP contribution < -0.4 is 10.1 Å². The van der Waals surface area contributed by atoms with Crippen LogP contribution in [0.15, 0.2) is 18.5 Å². The Bertz CT molecular complexity index is 1070. The van der Waals surface area contributed by atoms with Crippen molar-refractivity contribution in [3.63, 3.8) is 0 Å². The minimum atomic E-state index is -4.66. The van der Waals surface area contributed by atoms with E-state index in [0.29, 0.717) is 19.3 Å². The van der Waals surface area contributed by atoms with Crippen molar-refractivity contribution >= 4 is 23.2 Å². The van der Waals surface area contributed by atoms with E-state index in [1.807, 2.05) is 0 Å². The third-order valence-corrected chi connectivity index (χ3v) is 4.84. The van der Waals surface area contributed by atoms with Gasteiger partial charge in [0.15, 0.2) is 0 Å². The van der Waals surface area contributed by atoms with E-state index in [4.69, 9.17) is 21.4 Å². The average molecular weight is 480 g/mol. The number of unbranched alkanes of at least 4 members (excludes halogenated alkanes) is 2. The molecule has 0 saturated heterocycles. The highest BCUT2D eigenvalue weighted by molar-refractivity contribution is 6.33. The first-order valence-electron chi connectivity index (χ1n) is 9.59. The summed E-state index contributed by atoms with van der Waals surface area (Å²) in [6.07, 6.45) is -1.83. The maximum absolute atomic E-state index is 14.9. The number of nitrogens with zero attached hydrogens (tertiary/aromatic N) is 4. The third-order valence-electron chi connectivity index (χ3n) is 4.56. The molecule has 0 radical (unpaired) electrons. The van der Waals surface area contributed by atoms with E-state index in [2.05, 4.69) is 20.4 Å². The van der Waals surface area contributed by atoms with Gasteiger partial charge in [0.25, 0.3) is 5.78 Å². The molecule has 0 saturated carbocycles. The number of aliphatic hydroxyl groups is 1. The van der Waals surface area contributed by atoms with Gasteiger partial charge >= 0.3 is 6.18 Å². The number of hydrogen-bond acceptors (Lipinski definition) is 6. The van der Waals surface area contributed by atoms with Crippen molar-refractivity contribution in [1.29, 1.82) is 0 Å². The van der Waals surface area contributed by atoms with Gasteiger partial charge in [-0.05, 0) is 26.2 Å². The summed E-state index contributed by atoms with van der Waals surface area (Å²) in [6, 6.07) is -0.285. The van der Waals surface area contributed by atoms with Crippen LogP contribution in [-0.4, -0.2) is 50.1 Å². The number of benzene rings is 1. The summed E-state index contributed by atoms with van der Waals surface area (Å²) in [7, 11) is 0. The molecule has 0 unspecified atom stereocenters. The number of aromatic nitrogens is 4. The lowest BCUT2D eigenvalue weighted by Crippen LogP contribution is -2.34. The van der Waals surface area contributed by atoms with Gasteiger partial charge in [0, 0.05) is 18.7 Å². The molecule has 0 bridgehead atoms. The first-order valence-corrected chi connectivity index (χ1v) is 9.96. The third kappa shape index (κ3) is 5.18. The standard InChI is InChI=1S/C19H19ClF5N5O2/c1-10(19(23,24)25)28-17-15(16(20)29-18-26-9-27-30(17)18)14-12(21)7-11(8-13(14)22)32-6-4-2-3-5-31/h7-10,28,31H,2-6H2,1H3/t10-/m0/s1. The Labute approximate surface area is 184 Å². The highest BCUT2D eigenvalue weighted by atomic mass is 35.5. The minimum Gasteiger partial charge on any atom is -0.493 e. The largest absolute Gasteiger partial charge is 0.493 e. The molecular weight excluding hydrogens is 461 g/mol. The Morgan fingerprint density at radius 3 is 2.47 bits per heavy atom. The van der Waals surface area contributed by atoms with Gasteiger partial charge in [-0.25, -0.2) is 8.78 Å². The Hall–Kier alpha value is -2.73. The SMILES string of the molecule is C[C@H](Nc1c(-c2c(F)cc(OCCCCCO)cc2F)c(Cl)nc2ncnn12)C(F)(F)F. The number of hydrogen-bond donors (Lipinski definition) is 2. The zero-order valence-electron chi connectivity index (χ0n) is 16.8. The molecule has 32 heavy (non-hydrogen) atoms. The molecule has 7 nitrogen and oxygen atoms in total. The van der Waals surface area contributed by atoms with Crippen molar-refractivity contribution in [1.82, 2.24) is 19.6 Å². The molecular formula is C19H19ClF5N5O2. The molecule has 2 N–H and O–H groups in total. The van der Waals surface area contributed by atoms with E-state index in [1.165, 1.54) is 0 Å². The number of rotatable bonds is 9. The summed E-state index contributed by atoms with van der Waals surface area (Å²) < 4.78 is 75.6. The lowest BCUT2D eigenvalue weighted by Gasteiger charge is -2.21. The van der Waals surface area contributed by atoms with E-state index in [9.17, 15) is 22.0 Å². The van der Waals surface area contributed by atoms with Crippen molar-refractivity contribution in [2.75, 3.05) is 18.5 Å². The molecule has 0 aliphatic heterocycles. The van der Waals surface area contributed by atoms with Crippen LogP contribution in [0.3, 0.4) is 0 Å². The maximum atomic E-state index is 14.9. The molecule has 3 rings (SSSR count). The van der Waals surface area contributed by atoms with E-state index in [1.54, 1.807) is 0 Å². The molecule has 0 aliphatic carbocycles. The number of anilines is 1. The van der Waals surface area contributed by atoms with Crippen LogP contribution in [0.1, 0.15) is 26.2 Å². The van der Waals surface area contributed by atoms with Crippen molar-refractivity contribution in [2.24, 2.45) is 0 Å². The van der Waals surface area contributed by atoms with E-state index in [-0.39, 0.29) is 24.7 Å². The van der Waals surface area contributed by atoms with Gasteiger partial charge in [0.1, 0.15) is 40.7 Å². The average Bonchev–Trinajstić information content (AvgIpc) is 3.16. The van der Waals surface area contributed by atoms with Gasteiger partial charge in [0.2, 0.25) is 0 Å². The Kier molecular flexibility index (Phi) is 7.34. The number of aliphatic hydroxyl groups excluding tert-OH is 1. The summed E-state index contributed by atoms with van der Waals surface area (Å²) >= 11 is 6.11. The van der Waals surface area contributed by atoms with Crippen LogP contribution in [0.4, 0.5) is 27.8 Å². The van der Waals surface area contributed by atoms with Gasteiger partial charge in [-0.2, -0.15) is 32.8 Å². The Morgan fingerprint density at radius 2 is 1.84 bits per heavy atom. The zero-order valence-corrected chi connectivity index (χ0v) is 17.5. The maximum Gasteiger partial charge on any atom is 0.408 e. The van der Waals surface area contributed by atoms with Crippen LogP contribution in [0.2, 0.25) is 5.15 Å². The molecule has 1 aromatic carbocycles. The molecule has 2 heterocycles. The van der Waals surface area contributed by atoms with Crippen molar-refractivity contribution in [3.05, 3.63) is 35.2 Å². The van der Waals surface area contributed by atoms with E-state index >= 15 is 0 Å². The van der Waals surface area contributed by atoms with Crippen LogP contribution in [0.5, 0.6) is 5.75 Å². The molecule has 2 aromatic heterocycles. The van der Waals surface area contributed by atoms with Crippen LogP contribution in [0.25, 0.3) is 16.9 Å². The second kappa shape index (κ2) is 9.82. The lowest BCUT2D eigenvalue weighted by atomic mass is 10.1. The fourth-order valence-corrected chi connectivity index (χ4v) is 3.17. The zero-order chi connectivity index (χ0) is 23.5. The second-order valence-corrected chi connectivity index (χ2v) is 7.26. The molecule has 0 spiro atoms. The number of halogens is 6. The van der Waals surface area contributed by atoms with Gasteiger partial charge < -0.3 is 15.2 Å². The number of alkyl halides is 3. The normalized spacial score (nSPS) is 12.9. The number of nitrogens with one attached hydrogen (secondary N) is 1. The molecule has 13 heteroatoms. The van der Waals surface area contributed by atoms with E-state index in [0.717, 1.165) is 29.9 Å². The monoisotopic (exact) mass is 479 g/mol. The quantitative estimate of drug-likeness (QED) is 0.264.